The number of benzene rings is 1. The van der Waals surface area contributed by atoms with E-state index in [0.717, 1.165) is 12.1 Å². The second kappa shape index (κ2) is 3.49. The second-order valence-corrected chi connectivity index (χ2v) is 3.22. The molecule has 5 heteroatoms. The Kier molecular flexibility index (Phi) is 2.80. The zero-order valence-corrected chi connectivity index (χ0v) is 7.92. The fourth-order valence-corrected chi connectivity index (χ4v) is 1.27. The van der Waals surface area contributed by atoms with Crippen molar-refractivity contribution in [2.45, 2.75) is 0 Å². The van der Waals surface area contributed by atoms with E-state index in [1.165, 1.54) is 0 Å². The third-order valence-electron chi connectivity index (χ3n) is 1.20. The molecule has 0 spiro atoms. The summed E-state index contributed by atoms with van der Waals surface area (Å²) in [5, 5.41) is -1.02. The van der Waals surface area contributed by atoms with Crippen molar-refractivity contribution >= 4 is 32.8 Å². The fourth-order valence-electron chi connectivity index (χ4n) is 0.699. The van der Waals surface area contributed by atoms with Gasteiger partial charge in [-0.05, 0) is 39.7 Å². The molecule has 0 fully saturated rings. The maximum atomic E-state index is 12.9. The monoisotopic (exact) mass is 254 g/mol. The molecular weight excluding hydrogens is 253 g/mol. The summed E-state index contributed by atoms with van der Waals surface area (Å²) in [6.45, 7) is 0. The van der Waals surface area contributed by atoms with E-state index in [1.54, 1.807) is 0 Å². The number of carbonyl (C=O) groups is 1. The van der Waals surface area contributed by atoms with E-state index in [-0.39, 0.29) is 4.47 Å². The summed E-state index contributed by atoms with van der Waals surface area (Å²) in [5.74, 6) is -1.57. The molecular formula is C7H2BrClF2O. The summed E-state index contributed by atoms with van der Waals surface area (Å²) in [4.78, 5) is 10.5. The van der Waals surface area contributed by atoms with Crippen LogP contribution in [0.15, 0.2) is 16.6 Å². The van der Waals surface area contributed by atoms with Crippen LogP contribution >= 0.6 is 27.5 Å². The Morgan fingerprint density at radius 3 is 2.50 bits per heavy atom. The van der Waals surface area contributed by atoms with Gasteiger partial charge in [0.1, 0.15) is 11.6 Å². The van der Waals surface area contributed by atoms with Gasteiger partial charge in [0, 0.05) is 0 Å². The molecule has 0 unspecified atom stereocenters. The van der Waals surface area contributed by atoms with Gasteiger partial charge in [0.25, 0.3) is 5.24 Å². The lowest BCUT2D eigenvalue weighted by molar-refractivity contribution is 0.107. The minimum absolute atomic E-state index is 0.119. The molecule has 1 nitrogen and oxygen atoms in total. The highest BCUT2D eigenvalue weighted by molar-refractivity contribution is 9.10. The lowest BCUT2D eigenvalue weighted by atomic mass is 10.2. The minimum Gasteiger partial charge on any atom is -0.275 e. The first-order valence-corrected chi connectivity index (χ1v) is 4.04. The summed E-state index contributed by atoms with van der Waals surface area (Å²) in [6.07, 6.45) is 0. The number of rotatable bonds is 1. The number of halogens is 4. The van der Waals surface area contributed by atoms with E-state index < -0.39 is 22.4 Å². The molecule has 0 radical (unpaired) electrons. The fraction of sp³-hybridized carbons (Fsp3) is 0. The van der Waals surface area contributed by atoms with Crippen molar-refractivity contribution in [3.8, 4) is 0 Å². The lowest BCUT2D eigenvalue weighted by Gasteiger charge is -1.99. The summed E-state index contributed by atoms with van der Waals surface area (Å²) in [5.41, 5.74) is -0.469. The molecule has 1 rings (SSSR count). The zero-order chi connectivity index (χ0) is 9.30. The molecule has 1 aromatic carbocycles. The Morgan fingerprint density at radius 1 is 1.42 bits per heavy atom. The van der Waals surface area contributed by atoms with Crippen molar-refractivity contribution in [1.29, 1.82) is 0 Å². The van der Waals surface area contributed by atoms with Gasteiger partial charge in [-0.2, -0.15) is 0 Å². The molecule has 0 N–H and O–H groups in total. The zero-order valence-electron chi connectivity index (χ0n) is 5.57. The van der Waals surface area contributed by atoms with E-state index in [0.29, 0.717) is 0 Å². The molecule has 0 aliphatic carbocycles. The molecule has 12 heavy (non-hydrogen) atoms. The summed E-state index contributed by atoms with van der Waals surface area (Å²) in [7, 11) is 0. The van der Waals surface area contributed by atoms with E-state index in [4.69, 9.17) is 11.6 Å². The van der Waals surface area contributed by atoms with Gasteiger partial charge >= 0.3 is 0 Å². The quantitative estimate of drug-likeness (QED) is 0.557. The largest absolute Gasteiger partial charge is 0.275 e. The van der Waals surface area contributed by atoms with Crippen molar-refractivity contribution in [2.24, 2.45) is 0 Å². The number of carbonyl (C=O) groups excluding carboxylic acids is 1. The predicted molar refractivity (Wildman–Crippen MR) is 44.2 cm³/mol. The molecule has 0 saturated carbocycles. The maximum Gasteiger partial charge on any atom is 0.255 e. The maximum absolute atomic E-state index is 12.9. The van der Waals surface area contributed by atoms with Crippen LogP contribution in [0.25, 0.3) is 0 Å². The first-order valence-electron chi connectivity index (χ1n) is 2.86. The van der Waals surface area contributed by atoms with Crippen LogP contribution in [0.4, 0.5) is 8.78 Å². The van der Waals surface area contributed by atoms with Crippen LogP contribution in [0, 0.1) is 11.6 Å². The number of hydrogen-bond acceptors (Lipinski definition) is 1. The highest BCUT2D eigenvalue weighted by atomic mass is 79.9. The Bertz CT molecular complexity index is 340. The average Bonchev–Trinajstić information content (AvgIpc) is 1.96. The summed E-state index contributed by atoms with van der Waals surface area (Å²) < 4.78 is 25.4. The van der Waals surface area contributed by atoms with Crippen LogP contribution in [0.5, 0.6) is 0 Å². The standard InChI is InChI=1S/C7H2BrClF2O/c8-5-2-3(10)1-4(6(5)11)7(9)12/h1-2H. The van der Waals surface area contributed by atoms with Crippen LogP contribution < -0.4 is 0 Å². The third-order valence-corrected chi connectivity index (χ3v) is 1.99. The minimum atomic E-state index is -1.02. The highest BCUT2D eigenvalue weighted by Crippen LogP contribution is 2.21. The molecule has 0 amide bonds. The molecule has 0 saturated heterocycles. The van der Waals surface area contributed by atoms with Crippen molar-refractivity contribution in [2.75, 3.05) is 0 Å². The summed E-state index contributed by atoms with van der Waals surface area (Å²) in [6, 6.07) is 1.66. The van der Waals surface area contributed by atoms with Crippen molar-refractivity contribution in [1.82, 2.24) is 0 Å². The van der Waals surface area contributed by atoms with Crippen molar-refractivity contribution in [3.63, 3.8) is 0 Å². The van der Waals surface area contributed by atoms with Gasteiger partial charge in [0.2, 0.25) is 0 Å². The predicted octanol–water partition coefficient (Wildman–Crippen LogP) is 3.11. The molecule has 0 bridgehead atoms. The Morgan fingerprint density at radius 2 is 2.00 bits per heavy atom. The molecule has 0 heterocycles. The van der Waals surface area contributed by atoms with E-state index in [9.17, 15) is 13.6 Å². The summed E-state index contributed by atoms with van der Waals surface area (Å²) >= 11 is 7.73. The third kappa shape index (κ3) is 1.81. The van der Waals surface area contributed by atoms with Gasteiger partial charge in [-0.15, -0.1) is 0 Å². The van der Waals surface area contributed by atoms with Gasteiger partial charge in [-0.1, -0.05) is 0 Å². The molecule has 0 atom stereocenters. The Labute approximate surface area is 80.5 Å². The van der Waals surface area contributed by atoms with Crippen LogP contribution in [-0.2, 0) is 0 Å². The molecule has 1 aromatic rings. The molecule has 0 aromatic heterocycles. The van der Waals surface area contributed by atoms with Crippen LogP contribution in [-0.4, -0.2) is 5.24 Å². The van der Waals surface area contributed by atoms with Gasteiger partial charge in [0.05, 0.1) is 10.0 Å². The van der Waals surface area contributed by atoms with E-state index in [2.05, 4.69) is 15.9 Å². The van der Waals surface area contributed by atoms with Crippen LogP contribution in [0.2, 0.25) is 0 Å². The van der Waals surface area contributed by atoms with Crippen LogP contribution in [0.1, 0.15) is 10.4 Å². The normalized spacial score (nSPS) is 10.0. The second-order valence-electron chi connectivity index (χ2n) is 2.02. The topological polar surface area (TPSA) is 17.1 Å². The van der Waals surface area contributed by atoms with Crippen molar-refractivity contribution < 1.29 is 13.6 Å². The first kappa shape index (κ1) is 9.61. The molecule has 0 aliphatic rings. The Hall–Kier alpha value is -0.480. The van der Waals surface area contributed by atoms with E-state index >= 15 is 0 Å². The van der Waals surface area contributed by atoms with Gasteiger partial charge in [-0.25, -0.2) is 8.78 Å². The molecule has 64 valence electrons. The number of hydrogen-bond donors (Lipinski definition) is 0. The Balaban J connectivity index is 3.37. The van der Waals surface area contributed by atoms with Gasteiger partial charge < -0.3 is 0 Å². The van der Waals surface area contributed by atoms with Crippen molar-refractivity contribution in [3.05, 3.63) is 33.8 Å². The van der Waals surface area contributed by atoms with Gasteiger partial charge in [0.15, 0.2) is 0 Å². The smallest absolute Gasteiger partial charge is 0.255 e. The molecule has 0 aliphatic heterocycles. The average molecular weight is 255 g/mol. The highest BCUT2D eigenvalue weighted by Gasteiger charge is 2.13. The van der Waals surface area contributed by atoms with E-state index in [1.807, 2.05) is 0 Å². The lowest BCUT2D eigenvalue weighted by Crippen LogP contribution is -1.96. The first-order chi connectivity index (χ1) is 5.52. The van der Waals surface area contributed by atoms with Gasteiger partial charge in [-0.3, -0.25) is 4.79 Å². The SMILES string of the molecule is O=C(Cl)c1cc(F)cc(Br)c1F. The van der Waals surface area contributed by atoms with Crippen LogP contribution in [0.3, 0.4) is 0 Å².